The van der Waals surface area contributed by atoms with Gasteiger partial charge in [0.15, 0.2) is 5.67 Å². The van der Waals surface area contributed by atoms with E-state index in [1.54, 1.807) is 48.5 Å². The Kier molecular flexibility index (Phi) is 7.09. The molecular formula is C25H27FN4O6. The molecule has 0 radical (unpaired) electrons. The highest BCUT2D eigenvalue weighted by molar-refractivity contribution is 5.93. The van der Waals surface area contributed by atoms with E-state index in [0.29, 0.717) is 11.3 Å². The van der Waals surface area contributed by atoms with Crippen LogP contribution in [0.4, 0.5) is 14.9 Å². The van der Waals surface area contributed by atoms with Crippen LogP contribution in [0.15, 0.2) is 54.6 Å². The molecule has 36 heavy (non-hydrogen) atoms. The van der Waals surface area contributed by atoms with Crippen molar-refractivity contribution in [3.8, 4) is 0 Å². The van der Waals surface area contributed by atoms with Crippen LogP contribution in [0.25, 0.3) is 0 Å². The normalized spacial score (nSPS) is 22.5. The number of halogens is 1. The van der Waals surface area contributed by atoms with Gasteiger partial charge in [-0.15, -0.1) is 0 Å². The number of para-hydroxylation sites is 1. The molecule has 1 fully saturated rings. The van der Waals surface area contributed by atoms with Crippen LogP contribution in [0.5, 0.6) is 0 Å². The first-order valence-corrected chi connectivity index (χ1v) is 11.4. The van der Waals surface area contributed by atoms with E-state index in [4.69, 9.17) is 4.74 Å². The average molecular weight is 499 g/mol. The molecule has 2 aromatic rings. The summed E-state index contributed by atoms with van der Waals surface area (Å²) in [5.41, 5.74) is -0.430. The average Bonchev–Trinajstić information content (AvgIpc) is 3.34. The summed E-state index contributed by atoms with van der Waals surface area (Å²) in [4.78, 5) is 51.3. The number of benzene rings is 2. The molecule has 0 aromatic heterocycles. The van der Waals surface area contributed by atoms with Crippen LogP contribution in [0, 0.1) is 0 Å². The number of alkyl halides is 1. The number of carbonyl (C=O) groups is 4. The van der Waals surface area contributed by atoms with Gasteiger partial charge in [-0.25, -0.2) is 14.0 Å². The Morgan fingerprint density at radius 1 is 1.14 bits per heavy atom. The third kappa shape index (κ3) is 4.81. The van der Waals surface area contributed by atoms with Gasteiger partial charge in [-0.05, 0) is 18.6 Å². The number of likely N-dealkylation sites (tertiary alicyclic amines) is 1. The minimum absolute atomic E-state index is 0.00804. The van der Waals surface area contributed by atoms with E-state index >= 15 is 4.39 Å². The van der Waals surface area contributed by atoms with Crippen molar-refractivity contribution >= 4 is 29.6 Å². The van der Waals surface area contributed by atoms with Crippen LogP contribution in [0.3, 0.4) is 0 Å². The summed E-state index contributed by atoms with van der Waals surface area (Å²) in [6.45, 7) is 0.914. The molecule has 2 aliphatic rings. The highest BCUT2D eigenvalue weighted by atomic mass is 19.1. The fraction of sp³-hybridized carbons (Fsp3) is 0.360. The largest absolute Gasteiger partial charge is 0.467 e. The van der Waals surface area contributed by atoms with E-state index in [0.717, 1.165) is 10.5 Å². The van der Waals surface area contributed by atoms with Gasteiger partial charge in [0.1, 0.15) is 31.4 Å². The number of rotatable bonds is 7. The van der Waals surface area contributed by atoms with Crippen LogP contribution < -0.4 is 16.0 Å². The molecule has 2 unspecified atom stereocenters. The van der Waals surface area contributed by atoms with Crippen LogP contribution in [-0.2, 0) is 36.1 Å². The molecule has 2 aliphatic heterocycles. The first kappa shape index (κ1) is 25.0. The molecular weight excluding hydrogens is 471 g/mol. The van der Waals surface area contributed by atoms with Crippen molar-refractivity contribution < 1.29 is 33.0 Å². The lowest BCUT2D eigenvalue weighted by Gasteiger charge is -2.30. The molecule has 3 amide bonds. The molecule has 1 saturated heterocycles. The van der Waals surface area contributed by atoms with E-state index in [9.17, 15) is 19.2 Å². The quantitative estimate of drug-likeness (QED) is 0.497. The molecule has 11 heteroatoms. The van der Waals surface area contributed by atoms with Crippen LogP contribution in [0.1, 0.15) is 24.5 Å². The Morgan fingerprint density at radius 2 is 1.83 bits per heavy atom. The van der Waals surface area contributed by atoms with Gasteiger partial charge in [0.2, 0.25) is 11.8 Å². The zero-order chi connectivity index (χ0) is 25.9. The molecule has 4 rings (SSSR count). The van der Waals surface area contributed by atoms with E-state index in [-0.39, 0.29) is 13.0 Å². The van der Waals surface area contributed by atoms with Gasteiger partial charge < -0.3 is 30.3 Å². The standard InChI is InChI=1S/C25H27FN4O6/c1-15(22(33)35-2)28-21(32)19-12-25(26)17-10-6-7-11-18(17)29-23(25)30(19)20(31)13-27-24(34)36-14-16-8-4-3-5-9-16/h3-11,15,19,23,29H,12-14H2,1-2H3,(H,27,34)(H,28,32)/t15-,19-,23?,25?/m0/s1. The number of nitrogens with one attached hydrogen (secondary N) is 3. The molecule has 0 saturated carbocycles. The number of esters is 1. The Morgan fingerprint density at radius 3 is 2.56 bits per heavy atom. The smallest absolute Gasteiger partial charge is 0.407 e. The van der Waals surface area contributed by atoms with Gasteiger partial charge in [-0.3, -0.25) is 9.59 Å². The minimum atomic E-state index is -2.05. The second-order valence-corrected chi connectivity index (χ2v) is 8.64. The Bertz CT molecular complexity index is 1160. The monoisotopic (exact) mass is 498 g/mol. The zero-order valence-electron chi connectivity index (χ0n) is 19.8. The lowest BCUT2D eigenvalue weighted by molar-refractivity contribution is -0.146. The van der Waals surface area contributed by atoms with E-state index in [2.05, 4.69) is 20.7 Å². The van der Waals surface area contributed by atoms with Crippen LogP contribution >= 0.6 is 0 Å². The number of hydrogen-bond acceptors (Lipinski definition) is 7. The van der Waals surface area contributed by atoms with Crippen LogP contribution in [-0.4, -0.2) is 60.7 Å². The lowest BCUT2D eigenvalue weighted by atomic mass is 9.93. The van der Waals surface area contributed by atoms with Gasteiger partial charge in [0.25, 0.3) is 0 Å². The topological polar surface area (TPSA) is 126 Å². The summed E-state index contributed by atoms with van der Waals surface area (Å²) in [6.07, 6.45) is -2.33. The fourth-order valence-corrected chi connectivity index (χ4v) is 4.55. The van der Waals surface area contributed by atoms with Crippen LogP contribution in [0.2, 0.25) is 0 Å². The predicted octanol–water partition coefficient (Wildman–Crippen LogP) is 1.81. The maximum atomic E-state index is 16.3. The molecule has 0 bridgehead atoms. The first-order chi connectivity index (χ1) is 17.2. The van der Waals surface area contributed by atoms with Crippen molar-refractivity contribution in [1.29, 1.82) is 0 Å². The van der Waals surface area contributed by atoms with Gasteiger partial charge in [-0.1, -0.05) is 48.5 Å². The molecule has 2 heterocycles. The molecule has 0 spiro atoms. The van der Waals surface area contributed by atoms with Gasteiger partial charge in [0.05, 0.1) is 7.11 Å². The lowest BCUT2D eigenvalue weighted by Crippen LogP contribution is -2.55. The number of ether oxygens (including phenoxy) is 2. The summed E-state index contributed by atoms with van der Waals surface area (Å²) in [6, 6.07) is 13.5. The van der Waals surface area contributed by atoms with E-state index in [1.165, 1.54) is 14.0 Å². The molecule has 190 valence electrons. The molecule has 4 atom stereocenters. The third-order valence-corrected chi connectivity index (χ3v) is 6.31. The molecule has 0 aliphatic carbocycles. The van der Waals surface area contributed by atoms with Gasteiger partial charge in [0, 0.05) is 17.7 Å². The number of carbonyl (C=O) groups excluding carboxylic acids is 4. The zero-order valence-corrected chi connectivity index (χ0v) is 19.8. The molecule has 3 N–H and O–H groups in total. The number of methoxy groups -OCH3 is 1. The Hall–Kier alpha value is -4.15. The summed E-state index contributed by atoms with van der Waals surface area (Å²) in [5.74, 6) is -2.08. The van der Waals surface area contributed by atoms with Gasteiger partial charge >= 0.3 is 12.1 Å². The fourth-order valence-electron chi connectivity index (χ4n) is 4.55. The van der Waals surface area contributed by atoms with Crippen molar-refractivity contribution in [3.63, 3.8) is 0 Å². The van der Waals surface area contributed by atoms with E-state index < -0.39 is 54.3 Å². The van der Waals surface area contributed by atoms with E-state index in [1.807, 2.05) is 6.07 Å². The SMILES string of the molecule is COC(=O)[C@H](C)NC(=O)[C@@H]1CC2(F)c3ccccc3NC2N1C(=O)CNC(=O)OCc1ccccc1. The highest BCUT2D eigenvalue weighted by Crippen LogP contribution is 2.51. The molecule has 10 nitrogen and oxygen atoms in total. The summed E-state index contributed by atoms with van der Waals surface area (Å²) < 4.78 is 26.1. The third-order valence-electron chi connectivity index (χ3n) is 6.31. The number of hydrogen-bond donors (Lipinski definition) is 3. The molecule has 2 aromatic carbocycles. The van der Waals surface area contributed by atoms with Crippen molar-refractivity contribution in [1.82, 2.24) is 15.5 Å². The first-order valence-electron chi connectivity index (χ1n) is 11.4. The second-order valence-electron chi connectivity index (χ2n) is 8.64. The number of alkyl carbamates (subject to hydrolysis) is 1. The summed E-state index contributed by atoms with van der Waals surface area (Å²) in [5, 5.41) is 7.83. The summed E-state index contributed by atoms with van der Waals surface area (Å²) in [7, 11) is 1.18. The maximum absolute atomic E-state index is 16.3. The second kappa shape index (κ2) is 10.2. The predicted molar refractivity (Wildman–Crippen MR) is 126 cm³/mol. The minimum Gasteiger partial charge on any atom is -0.467 e. The van der Waals surface area contributed by atoms with Crippen molar-refractivity contribution in [3.05, 3.63) is 65.7 Å². The number of nitrogens with zero attached hydrogens (tertiary/aromatic N) is 1. The van der Waals surface area contributed by atoms with Gasteiger partial charge in [-0.2, -0.15) is 0 Å². The number of fused-ring (bicyclic) bond motifs is 3. The highest BCUT2D eigenvalue weighted by Gasteiger charge is 2.61. The Labute approximate surface area is 207 Å². The number of amides is 3. The summed E-state index contributed by atoms with van der Waals surface area (Å²) >= 11 is 0. The Balaban J connectivity index is 1.48. The van der Waals surface area contributed by atoms with Crippen molar-refractivity contribution in [2.24, 2.45) is 0 Å². The number of anilines is 1. The van der Waals surface area contributed by atoms with Crippen molar-refractivity contribution in [2.45, 2.75) is 43.9 Å². The maximum Gasteiger partial charge on any atom is 0.407 e. The van der Waals surface area contributed by atoms with Crippen molar-refractivity contribution in [2.75, 3.05) is 19.0 Å².